The minimum atomic E-state index is -5.51. The number of halogens is 6. The van der Waals surface area contributed by atoms with Gasteiger partial charge in [0, 0.05) is 24.4 Å². The molecule has 33 heavy (non-hydrogen) atoms. The predicted molar refractivity (Wildman–Crippen MR) is 92.5 cm³/mol. The largest absolute Gasteiger partial charge is 0.493 e. The van der Waals surface area contributed by atoms with Gasteiger partial charge < -0.3 is 19.6 Å². The Balaban J connectivity index is 2.08. The van der Waals surface area contributed by atoms with Crippen molar-refractivity contribution in [1.29, 1.82) is 0 Å². The smallest absolute Gasteiger partial charge is 0.481 e. The van der Waals surface area contributed by atoms with Crippen molar-refractivity contribution in [2.45, 2.75) is 30.4 Å². The second-order valence-corrected chi connectivity index (χ2v) is 6.77. The molecule has 180 valence electrons. The Hall–Kier alpha value is -3.43. The van der Waals surface area contributed by atoms with Crippen LogP contribution in [0.1, 0.15) is 12.0 Å². The average Bonchev–Trinajstić information content (AvgIpc) is 3.01. The monoisotopic (exact) mass is 484 g/mol. The molecule has 3 heterocycles. The summed E-state index contributed by atoms with van der Waals surface area (Å²) < 4.78 is 86.0. The number of nitrogens with zero attached hydrogens (tertiary/aromatic N) is 3. The first-order valence-corrected chi connectivity index (χ1v) is 9.02. The lowest BCUT2D eigenvalue weighted by Crippen LogP contribution is -2.60. The Bertz CT molecular complexity index is 997. The summed E-state index contributed by atoms with van der Waals surface area (Å²) in [7, 11) is 1.22. The predicted octanol–water partition coefficient (Wildman–Crippen LogP) is 0.906. The molecule has 1 spiro atoms. The molecule has 16 heteroatoms. The van der Waals surface area contributed by atoms with Crippen molar-refractivity contribution in [2.24, 2.45) is 4.99 Å². The van der Waals surface area contributed by atoms with Crippen LogP contribution in [-0.4, -0.2) is 77.9 Å². The number of amidine groups is 1. The minimum Gasteiger partial charge on any atom is -0.481 e. The summed E-state index contributed by atoms with van der Waals surface area (Å²) in [6.45, 7) is -0.506. The summed E-state index contributed by atoms with van der Waals surface area (Å²) in [4.78, 5) is 48.0. The van der Waals surface area contributed by atoms with Crippen LogP contribution >= 0.6 is 0 Å². The number of ether oxygens (including phenoxy) is 2. The van der Waals surface area contributed by atoms with E-state index in [1.54, 1.807) is 0 Å². The number of nitrogens with one attached hydrogen (secondary N) is 1. The number of rotatable bonds is 4. The third kappa shape index (κ3) is 4.69. The molecule has 10 nitrogen and oxygen atoms in total. The molecule has 2 atom stereocenters. The molecule has 0 aromatic carbocycles. The maximum atomic E-state index is 13.1. The van der Waals surface area contributed by atoms with Crippen molar-refractivity contribution < 1.29 is 55.0 Å². The zero-order chi connectivity index (χ0) is 24.6. The molecule has 1 aromatic rings. The lowest BCUT2D eigenvalue weighted by molar-refractivity contribution is -0.227. The Morgan fingerprint density at radius 2 is 1.85 bits per heavy atom. The lowest BCUT2D eigenvalue weighted by Gasteiger charge is -2.36. The number of pyridine rings is 1. The molecule has 1 fully saturated rings. The number of methoxy groups -OCH3 is 1. The molecule has 2 unspecified atom stereocenters. The zero-order valence-electron chi connectivity index (χ0n) is 16.5. The Kier molecular flexibility index (Phi) is 6.23. The number of hydroxylamine groups is 2. The number of alkyl halides is 6. The molecule has 3 rings (SSSR count). The van der Waals surface area contributed by atoms with Gasteiger partial charge in [0.15, 0.2) is 11.4 Å². The van der Waals surface area contributed by atoms with Crippen LogP contribution in [0.2, 0.25) is 0 Å². The van der Waals surface area contributed by atoms with Gasteiger partial charge in [0.1, 0.15) is 6.10 Å². The summed E-state index contributed by atoms with van der Waals surface area (Å²) in [5.74, 6) is -7.53. The molecule has 2 aliphatic rings. The first-order valence-electron chi connectivity index (χ1n) is 9.02. The maximum absolute atomic E-state index is 13.1. The molecule has 2 aliphatic heterocycles. The second-order valence-electron chi connectivity index (χ2n) is 6.77. The van der Waals surface area contributed by atoms with Gasteiger partial charge in [-0.1, -0.05) is 0 Å². The first-order chi connectivity index (χ1) is 15.3. The van der Waals surface area contributed by atoms with E-state index >= 15 is 0 Å². The van der Waals surface area contributed by atoms with Crippen molar-refractivity contribution in [2.75, 3.05) is 20.2 Å². The van der Waals surface area contributed by atoms with Crippen LogP contribution in [0.25, 0.3) is 0 Å². The van der Waals surface area contributed by atoms with E-state index in [-0.39, 0.29) is 29.5 Å². The zero-order valence-corrected chi connectivity index (χ0v) is 16.5. The van der Waals surface area contributed by atoms with E-state index < -0.39 is 54.2 Å². The number of carbonyl (C=O) groups excluding carboxylic acids is 3. The summed E-state index contributed by atoms with van der Waals surface area (Å²) in [5, 5.41) is 2.53. The third-order valence-corrected chi connectivity index (χ3v) is 4.69. The van der Waals surface area contributed by atoms with Crippen molar-refractivity contribution in [1.82, 2.24) is 15.4 Å². The highest BCUT2D eigenvalue weighted by Gasteiger charge is 2.60. The quantitative estimate of drug-likeness (QED) is 0.495. The molecule has 0 aliphatic carbocycles. The van der Waals surface area contributed by atoms with E-state index in [1.165, 1.54) is 13.2 Å². The van der Waals surface area contributed by atoms with Crippen LogP contribution < -0.4 is 10.1 Å². The maximum Gasteiger partial charge on any atom is 0.493 e. The fraction of sp³-hybridized carbons (Fsp3) is 0.471. The molecule has 0 saturated carbocycles. The first kappa shape index (κ1) is 24.2. The highest BCUT2D eigenvalue weighted by Crippen LogP contribution is 2.37. The molecule has 1 amide bonds. The summed E-state index contributed by atoms with van der Waals surface area (Å²) in [6, 6.07) is 2.32. The average molecular weight is 484 g/mol. The summed E-state index contributed by atoms with van der Waals surface area (Å²) in [5.41, 5.74) is -2.40. The Morgan fingerprint density at radius 1 is 1.18 bits per heavy atom. The molecular formula is C17H14F6N4O6. The van der Waals surface area contributed by atoms with Crippen LogP contribution in [-0.2, 0) is 24.0 Å². The van der Waals surface area contributed by atoms with Crippen molar-refractivity contribution in [3.8, 4) is 5.88 Å². The fourth-order valence-electron chi connectivity index (χ4n) is 3.17. The highest BCUT2D eigenvalue weighted by molar-refractivity contribution is 6.15. The SMILES string of the molecule is COc1cc(C2=NC3(CCNCC3OC(=O)C(F)(F)F)C(=O)N2OC(=O)C(F)(F)F)ccn1. The van der Waals surface area contributed by atoms with Gasteiger partial charge in [0.25, 0.3) is 5.91 Å². The number of hydrogen-bond acceptors (Lipinski definition) is 9. The second kappa shape index (κ2) is 8.49. The molecule has 0 bridgehead atoms. The van der Waals surface area contributed by atoms with Crippen LogP contribution in [0.3, 0.4) is 0 Å². The van der Waals surface area contributed by atoms with Gasteiger partial charge in [-0.25, -0.2) is 19.6 Å². The van der Waals surface area contributed by atoms with E-state index in [2.05, 4.69) is 24.9 Å². The van der Waals surface area contributed by atoms with E-state index in [4.69, 9.17) is 4.74 Å². The number of esters is 1. The van der Waals surface area contributed by atoms with Crippen molar-refractivity contribution in [3.05, 3.63) is 23.9 Å². The topological polar surface area (TPSA) is 119 Å². The highest BCUT2D eigenvalue weighted by atomic mass is 19.4. The Labute approximate surface area is 180 Å². The van der Waals surface area contributed by atoms with E-state index in [0.717, 1.165) is 12.3 Å². The van der Waals surface area contributed by atoms with Crippen LogP contribution in [0.4, 0.5) is 26.3 Å². The molecule has 1 saturated heterocycles. The van der Waals surface area contributed by atoms with Gasteiger partial charge in [-0.2, -0.15) is 26.3 Å². The van der Waals surface area contributed by atoms with Gasteiger partial charge in [-0.15, -0.1) is 5.06 Å². The lowest BCUT2D eigenvalue weighted by atomic mass is 9.86. The van der Waals surface area contributed by atoms with Gasteiger partial charge in [-0.05, 0) is 19.0 Å². The third-order valence-electron chi connectivity index (χ3n) is 4.69. The number of hydrogen-bond donors (Lipinski definition) is 1. The van der Waals surface area contributed by atoms with Gasteiger partial charge in [0.2, 0.25) is 5.88 Å². The van der Waals surface area contributed by atoms with Gasteiger partial charge in [-0.3, -0.25) is 4.79 Å². The molecular weight excluding hydrogens is 470 g/mol. The molecule has 1 N–H and O–H groups in total. The molecule has 1 aromatic heterocycles. The number of piperidine rings is 1. The number of aliphatic imine (C=N–C) groups is 1. The normalized spacial score (nSPS) is 23.4. The Morgan fingerprint density at radius 3 is 2.45 bits per heavy atom. The van der Waals surface area contributed by atoms with E-state index in [0.29, 0.717) is 0 Å². The summed E-state index contributed by atoms with van der Waals surface area (Å²) in [6.07, 6.45) is -12.0. The summed E-state index contributed by atoms with van der Waals surface area (Å²) >= 11 is 0. The number of aromatic nitrogens is 1. The van der Waals surface area contributed by atoms with Crippen LogP contribution in [0.15, 0.2) is 23.3 Å². The van der Waals surface area contributed by atoms with E-state index in [1.807, 2.05) is 0 Å². The fourth-order valence-corrected chi connectivity index (χ4v) is 3.17. The minimum absolute atomic E-state index is 0.0245. The van der Waals surface area contributed by atoms with Gasteiger partial charge >= 0.3 is 24.3 Å². The van der Waals surface area contributed by atoms with Crippen molar-refractivity contribution >= 4 is 23.7 Å². The van der Waals surface area contributed by atoms with E-state index in [9.17, 15) is 40.7 Å². The van der Waals surface area contributed by atoms with Gasteiger partial charge in [0.05, 0.1) is 7.11 Å². The standard InChI is InChI=1S/C17H14F6N4O6/c1-31-10-6-8(2-4-25-10)11-26-15(12(28)27(11)33-14(30)17(21,22)23)3-5-24-7-9(15)32-13(29)16(18,19)20/h2,4,6,9,24H,3,5,7H2,1H3. The van der Waals surface area contributed by atoms with Crippen LogP contribution in [0, 0.1) is 0 Å². The number of carbonyl (C=O) groups is 3. The van der Waals surface area contributed by atoms with Crippen LogP contribution in [0.5, 0.6) is 5.88 Å². The number of amides is 1. The molecule has 0 radical (unpaired) electrons. The van der Waals surface area contributed by atoms with Crippen molar-refractivity contribution in [3.63, 3.8) is 0 Å².